The number of rotatable bonds is 18. The minimum atomic E-state index is -1.00. The van der Waals surface area contributed by atoms with E-state index in [0.717, 1.165) is 12.8 Å². The second kappa shape index (κ2) is 17.4. The number of unbranched alkanes of at least 4 members (excludes halogenated alkanes) is 11. The van der Waals surface area contributed by atoms with Crippen molar-refractivity contribution in [1.29, 1.82) is 0 Å². The van der Waals surface area contributed by atoms with Gasteiger partial charge in [0.15, 0.2) is 0 Å². The summed E-state index contributed by atoms with van der Waals surface area (Å²) in [7, 11) is 0. The molecule has 4 atom stereocenters. The summed E-state index contributed by atoms with van der Waals surface area (Å²) in [6, 6.07) is 0. The zero-order valence-corrected chi connectivity index (χ0v) is 17.9. The van der Waals surface area contributed by atoms with Gasteiger partial charge in [-0.05, 0) is 25.7 Å². The van der Waals surface area contributed by atoms with Crippen molar-refractivity contribution < 1.29 is 24.8 Å². The summed E-state index contributed by atoms with van der Waals surface area (Å²) >= 11 is 0. The van der Waals surface area contributed by atoms with Crippen LogP contribution < -0.4 is 0 Å². The average molecular weight is 401 g/mol. The molecule has 0 bridgehead atoms. The molecule has 0 spiro atoms. The van der Waals surface area contributed by atoms with Gasteiger partial charge in [0.25, 0.3) is 0 Å². The maximum atomic E-state index is 9.88. The van der Waals surface area contributed by atoms with Gasteiger partial charge in [-0.15, -0.1) is 0 Å². The Kier molecular flexibility index (Phi) is 15.9. The summed E-state index contributed by atoms with van der Waals surface area (Å²) in [5.74, 6) is 0. The molecule has 1 rings (SSSR count). The molecular formula is C23H44O5. The van der Waals surface area contributed by atoms with Crippen LogP contribution in [0.4, 0.5) is 0 Å². The molecule has 3 N–H and O–H groups in total. The highest BCUT2D eigenvalue weighted by molar-refractivity contribution is 4.89. The lowest BCUT2D eigenvalue weighted by Crippen LogP contribution is -2.42. The molecule has 166 valence electrons. The summed E-state index contributed by atoms with van der Waals surface area (Å²) in [5.41, 5.74) is 0. The van der Waals surface area contributed by atoms with Crippen molar-refractivity contribution in [2.45, 2.75) is 115 Å². The lowest BCUT2D eigenvalue weighted by molar-refractivity contribution is -0.0938. The van der Waals surface area contributed by atoms with E-state index in [1.54, 1.807) is 0 Å². The van der Waals surface area contributed by atoms with Crippen LogP contribution in [0.15, 0.2) is 12.2 Å². The molecule has 0 aromatic heterocycles. The summed E-state index contributed by atoms with van der Waals surface area (Å²) in [6.07, 6.45) is 18.1. The molecule has 1 heterocycles. The molecule has 0 saturated carbocycles. The van der Waals surface area contributed by atoms with E-state index in [1.165, 1.54) is 70.6 Å². The Balaban J connectivity index is 1.87. The third kappa shape index (κ3) is 11.5. The number of aliphatic hydroxyl groups excluding tert-OH is 3. The highest BCUT2D eigenvalue weighted by Crippen LogP contribution is 2.21. The molecule has 0 amide bonds. The second-order valence-corrected chi connectivity index (χ2v) is 8.03. The van der Waals surface area contributed by atoms with Crippen molar-refractivity contribution in [2.24, 2.45) is 0 Å². The van der Waals surface area contributed by atoms with Crippen LogP contribution in [0.1, 0.15) is 90.4 Å². The van der Waals surface area contributed by atoms with Crippen LogP contribution in [0.2, 0.25) is 0 Å². The molecule has 28 heavy (non-hydrogen) atoms. The lowest BCUT2D eigenvalue weighted by Gasteiger charge is -2.23. The first-order chi connectivity index (χ1) is 13.7. The molecule has 1 fully saturated rings. The van der Waals surface area contributed by atoms with Crippen molar-refractivity contribution in [2.75, 3.05) is 19.8 Å². The molecule has 1 saturated heterocycles. The summed E-state index contributed by atoms with van der Waals surface area (Å²) in [4.78, 5) is 0. The van der Waals surface area contributed by atoms with Gasteiger partial charge in [-0.2, -0.15) is 0 Å². The van der Waals surface area contributed by atoms with E-state index in [4.69, 9.17) is 14.6 Å². The molecule has 5 nitrogen and oxygen atoms in total. The Labute approximate surface area is 172 Å². The fourth-order valence-corrected chi connectivity index (χ4v) is 3.64. The minimum Gasteiger partial charge on any atom is -0.394 e. The third-order valence-corrected chi connectivity index (χ3v) is 5.45. The summed E-state index contributed by atoms with van der Waals surface area (Å²) in [5, 5.41) is 28.6. The lowest BCUT2D eigenvalue weighted by atomic mass is 10.1. The topological polar surface area (TPSA) is 79.2 Å². The van der Waals surface area contributed by atoms with Gasteiger partial charge in [0.05, 0.1) is 13.2 Å². The molecule has 0 aliphatic carbocycles. The smallest absolute Gasteiger partial charge is 0.114 e. The minimum absolute atomic E-state index is 0.154. The highest BCUT2D eigenvalue weighted by Gasteiger charge is 2.40. The number of hydrogen-bond acceptors (Lipinski definition) is 5. The van der Waals surface area contributed by atoms with E-state index >= 15 is 0 Å². The Hall–Kier alpha value is -0.460. The van der Waals surface area contributed by atoms with Crippen molar-refractivity contribution in [3.8, 4) is 0 Å². The Morgan fingerprint density at radius 2 is 1.50 bits per heavy atom. The molecule has 0 radical (unpaired) electrons. The molecule has 0 unspecified atom stereocenters. The van der Waals surface area contributed by atoms with Crippen LogP contribution in [0.25, 0.3) is 0 Å². The number of aliphatic hydroxyl groups is 3. The highest BCUT2D eigenvalue weighted by atomic mass is 16.6. The van der Waals surface area contributed by atoms with Crippen LogP contribution in [0.5, 0.6) is 0 Å². The number of ether oxygens (including phenoxy) is 2. The predicted molar refractivity (Wildman–Crippen MR) is 113 cm³/mol. The average Bonchev–Trinajstić information content (AvgIpc) is 3.07. The van der Waals surface area contributed by atoms with Gasteiger partial charge in [0.2, 0.25) is 0 Å². The molecule has 1 aliphatic heterocycles. The quantitative estimate of drug-likeness (QED) is 0.238. The van der Waals surface area contributed by atoms with E-state index < -0.39 is 24.4 Å². The second-order valence-electron chi connectivity index (χ2n) is 8.03. The Morgan fingerprint density at radius 1 is 0.929 bits per heavy atom. The zero-order valence-electron chi connectivity index (χ0n) is 17.9. The van der Waals surface area contributed by atoms with Crippen LogP contribution in [0.3, 0.4) is 0 Å². The predicted octanol–water partition coefficient (Wildman–Crippen LogP) is 4.13. The van der Waals surface area contributed by atoms with Gasteiger partial charge in [-0.3, -0.25) is 0 Å². The molecular weight excluding hydrogens is 356 g/mol. The standard InChI is InChI=1S/C23H44O5/c1-2-3-4-5-6-7-8-9-10-11-12-13-14-15-16-17-27-23-21(26)19-28-22(23)20(25)18-24/h5-6,20-26H,2-4,7-19H2,1H3/b6-5+/t20-,21+,22-,23-/m0/s1. The van der Waals surface area contributed by atoms with Crippen LogP contribution >= 0.6 is 0 Å². The number of allylic oxidation sites excluding steroid dienone is 2. The van der Waals surface area contributed by atoms with E-state index in [2.05, 4.69) is 19.1 Å². The van der Waals surface area contributed by atoms with E-state index in [1.807, 2.05) is 0 Å². The van der Waals surface area contributed by atoms with Crippen LogP contribution in [-0.2, 0) is 9.47 Å². The number of hydrogen-bond donors (Lipinski definition) is 3. The zero-order chi connectivity index (χ0) is 20.5. The SMILES string of the molecule is CCCC/C=C/CCCCCCCCCCCO[C@@H]1[C@H]([C@@H](O)CO)OC[C@H]1O. The van der Waals surface area contributed by atoms with Gasteiger partial charge < -0.3 is 24.8 Å². The fourth-order valence-electron chi connectivity index (χ4n) is 3.64. The first-order valence-corrected chi connectivity index (χ1v) is 11.6. The normalized spacial score (nSPS) is 23.6. The Morgan fingerprint density at radius 3 is 2.11 bits per heavy atom. The van der Waals surface area contributed by atoms with Gasteiger partial charge in [0, 0.05) is 6.61 Å². The van der Waals surface area contributed by atoms with Crippen molar-refractivity contribution in [3.63, 3.8) is 0 Å². The van der Waals surface area contributed by atoms with Crippen molar-refractivity contribution in [1.82, 2.24) is 0 Å². The first-order valence-electron chi connectivity index (χ1n) is 11.6. The Bertz CT molecular complexity index is 374. The van der Waals surface area contributed by atoms with E-state index in [9.17, 15) is 10.2 Å². The molecule has 1 aliphatic rings. The van der Waals surface area contributed by atoms with Crippen molar-refractivity contribution in [3.05, 3.63) is 12.2 Å². The molecule has 0 aromatic rings. The monoisotopic (exact) mass is 400 g/mol. The van der Waals surface area contributed by atoms with Gasteiger partial charge in [-0.25, -0.2) is 0 Å². The van der Waals surface area contributed by atoms with E-state index in [0.29, 0.717) is 6.61 Å². The summed E-state index contributed by atoms with van der Waals surface area (Å²) < 4.78 is 11.0. The fraction of sp³-hybridized carbons (Fsp3) is 0.913. The van der Waals surface area contributed by atoms with Crippen molar-refractivity contribution >= 4 is 0 Å². The largest absolute Gasteiger partial charge is 0.394 e. The van der Waals surface area contributed by atoms with Crippen LogP contribution in [0, 0.1) is 0 Å². The van der Waals surface area contributed by atoms with Gasteiger partial charge in [-0.1, -0.05) is 76.9 Å². The van der Waals surface area contributed by atoms with Gasteiger partial charge in [0.1, 0.15) is 24.4 Å². The van der Waals surface area contributed by atoms with E-state index in [-0.39, 0.29) is 13.2 Å². The maximum Gasteiger partial charge on any atom is 0.114 e. The maximum absolute atomic E-state index is 9.88. The van der Waals surface area contributed by atoms with Gasteiger partial charge >= 0.3 is 0 Å². The third-order valence-electron chi connectivity index (χ3n) is 5.45. The first kappa shape index (κ1) is 25.6. The summed E-state index contributed by atoms with van der Waals surface area (Å²) in [6.45, 7) is 2.57. The molecule has 5 heteroatoms. The molecule has 0 aromatic carbocycles. The van der Waals surface area contributed by atoms with Crippen LogP contribution in [-0.4, -0.2) is 59.6 Å².